The first-order valence-electron chi connectivity index (χ1n) is 9.31. The van der Waals surface area contributed by atoms with Crippen LogP contribution in [0.3, 0.4) is 0 Å². The van der Waals surface area contributed by atoms with E-state index in [9.17, 15) is 14.7 Å². The Morgan fingerprint density at radius 1 is 1.00 bits per heavy atom. The number of carbonyl (C=O) groups is 2. The van der Waals surface area contributed by atoms with Crippen molar-refractivity contribution in [3.05, 3.63) is 83.2 Å². The Morgan fingerprint density at radius 2 is 1.73 bits per heavy atom. The van der Waals surface area contributed by atoms with E-state index in [-0.39, 0.29) is 16.4 Å². The molecule has 0 saturated carbocycles. The highest BCUT2D eigenvalue weighted by atomic mass is 32.1. The molecule has 0 spiro atoms. The van der Waals surface area contributed by atoms with E-state index >= 15 is 0 Å². The van der Waals surface area contributed by atoms with Gasteiger partial charge in [-0.3, -0.25) is 19.8 Å². The van der Waals surface area contributed by atoms with Crippen LogP contribution in [0.4, 0.5) is 5.69 Å². The number of aryl methyl sites for hydroxylation is 1. The van der Waals surface area contributed by atoms with E-state index in [1.54, 1.807) is 42.5 Å². The molecule has 0 aliphatic carbocycles. The number of aromatic nitrogens is 1. The number of nitrogens with one attached hydrogen (secondary N) is 1. The highest BCUT2D eigenvalue weighted by Gasteiger charge is 2.35. The predicted molar refractivity (Wildman–Crippen MR) is 120 cm³/mol. The zero-order valence-electron chi connectivity index (χ0n) is 16.4. The fourth-order valence-electron chi connectivity index (χ4n) is 3.36. The van der Waals surface area contributed by atoms with Crippen molar-refractivity contribution in [1.82, 2.24) is 9.88 Å². The number of carbonyl (C=O) groups excluding carboxylic acids is 2. The normalized spacial score (nSPS) is 15.6. The zero-order valence-corrected chi connectivity index (χ0v) is 17.2. The second-order valence-electron chi connectivity index (χ2n) is 7.00. The number of anilines is 1. The van der Waals surface area contributed by atoms with Gasteiger partial charge in [0.15, 0.2) is 5.11 Å². The van der Waals surface area contributed by atoms with Crippen LogP contribution >= 0.6 is 12.2 Å². The Hall–Kier alpha value is -3.71. The summed E-state index contributed by atoms with van der Waals surface area (Å²) in [6.45, 7) is 3.87. The third-order valence-corrected chi connectivity index (χ3v) is 5.40. The lowest BCUT2D eigenvalue weighted by Gasteiger charge is -2.30. The minimum Gasteiger partial charge on any atom is -0.508 e. The number of aromatic hydroxyl groups is 1. The molecule has 3 aromatic rings. The minimum atomic E-state index is -0.537. The van der Waals surface area contributed by atoms with Crippen LogP contribution in [0.25, 0.3) is 11.8 Å². The first-order valence-corrected chi connectivity index (χ1v) is 9.72. The molecule has 7 heteroatoms. The number of phenols is 1. The quantitative estimate of drug-likeness (QED) is 0.388. The Morgan fingerprint density at radius 3 is 2.47 bits per heavy atom. The van der Waals surface area contributed by atoms with Crippen molar-refractivity contribution in [2.24, 2.45) is 0 Å². The minimum absolute atomic E-state index is 0.0109. The molecular formula is C23H19N3O3S. The van der Waals surface area contributed by atoms with E-state index in [2.05, 4.69) is 5.32 Å². The van der Waals surface area contributed by atoms with E-state index in [1.165, 1.54) is 4.90 Å². The van der Waals surface area contributed by atoms with Crippen LogP contribution < -0.4 is 10.2 Å². The van der Waals surface area contributed by atoms with Crippen LogP contribution in [-0.2, 0) is 9.59 Å². The number of hydrogen-bond donors (Lipinski definition) is 2. The Balaban J connectivity index is 1.77. The summed E-state index contributed by atoms with van der Waals surface area (Å²) in [5.41, 5.74) is 4.00. The molecule has 2 N–H and O–H groups in total. The van der Waals surface area contributed by atoms with Crippen LogP contribution in [0.5, 0.6) is 5.75 Å². The van der Waals surface area contributed by atoms with Gasteiger partial charge in [0.1, 0.15) is 11.3 Å². The molecule has 2 aromatic carbocycles. The Labute approximate surface area is 179 Å². The molecule has 1 aliphatic heterocycles. The molecule has 2 heterocycles. The van der Waals surface area contributed by atoms with Gasteiger partial charge in [-0.1, -0.05) is 12.1 Å². The van der Waals surface area contributed by atoms with Crippen LogP contribution in [0.1, 0.15) is 16.8 Å². The molecular weight excluding hydrogens is 398 g/mol. The lowest BCUT2D eigenvalue weighted by Crippen LogP contribution is -2.54. The maximum atomic E-state index is 13.3. The van der Waals surface area contributed by atoms with Crippen molar-refractivity contribution in [2.75, 3.05) is 4.90 Å². The SMILES string of the molecule is Cc1cccc(N2C(=O)/C(=C/c3cccn3-c3ccc(O)cc3)C(=O)NC2=S)c1C. The third-order valence-electron chi connectivity index (χ3n) is 5.12. The first kappa shape index (κ1) is 19.6. The summed E-state index contributed by atoms with van der Waals surface area (Å²) < 4.78 is 1.82. The van der Waals surface area contributed by atoms with E-state index in [0.717, 1.165) is 16.8 Å². The summed E-state index contributed by atoms with van der Waals surface area (Å²) in [5, 5.41) is 12.2. The number of hydrogen-bond acceptors (Lipinski definition) is 4. The van der Waals surface area contributed by atoms with Crippen LogP contribution in [-0.4, -0.2) is 26.6 Å². The summed E-state index contributed by atoms with van der Waals surface area (Å²) in [6, 6.07) is 15.9. The molecule has 4 rings (SSSR count). The molecule has 150 valence electrons. The van der Waals surface area contributed by atoms with Gasteiger partial charge in [0, 0.05) is 17.6 Å². The van der Waals surface area contributed by atoms with Gasteiger partial charge in [-0.15, -0.1) is 0 Å². The van der Waals surface area contributed by atoms with E-state index in [4.69, 9.17) is 12.2 Å². The maximum Gasteiger partial charge on any atom is 0.270 e. The molecule has 1 fully saturated rings. The number of benzene rings is 2. The van der Waals surface area contributed by atoms with Gasteiger partial charge in [0.2, 0.25) is 0 Å². The lowest BCUT2D eigenvalue weighted by atomic mass is 10.0. The lowest BCUT2D eigenvalue weighted by molar-refractivity contribution is -0.122. The second-order valence-corrected chi connectivity index (χ2v) is 7.38. The monoisotopic (exact) mass is 417 g/mol. The van der Waals surface area contributed by atoms with Gasteiger partial charge >= 0.3 is 0 Å². The molecule has 1 aromatic heterocycles. The number of amides is 2. The van der Waals surface area contributed by atoms with E-state index in [0.29, 0.717) is 11.4 Å². The molecule has 0 unspecified atom stereocenters. The van der Waals surface area contributed by atoms with E-state index in [1.807, 2.05) is 42.8 Å². The number of thiocarbonyl (C=S) groups is 1. The van der Waals surface area contributed by atoms with Crippen molar-refractivity contribution in [3.63, 3.8) is 0 Å². The summed E-state index contributed by atoms with van der Waals surface area (Å²) in [6.07, 6.45) is 3.36. The van der Waals surface area contributed by atoms with Gasteiger partial charge in [-0.05, 0) is 85.7 Å². The van der Waals surface area contributed by atoms with Crippen molar-refractivity contribution >= 4 is 40.9 Å². The van der Waals surface area contributed by atoms with Crippen molar-refractivity contribution in [3.8, 4) is 11.4 Å². The number of rotatable bonds is 3. The van der Waals surface area contributed by atoms with E-state index < -0.39 is 11.8 Å². The van der Waals surface area contributed by atoms with Gasteiger partial charge in [-0.2, -0.15) is 0 Å². The smallest absolute Gasteiger partial charge is 0.270 e. The highest BCUT2D eigenvalue weighted by molar-refractivity contribution is 7.80. The third kappa shape index (κ3) is 3.40. The summed E-state index contributed by atoms with van der Waals surface area (Å²) >= 11 is 5.30. The molecule has 1 saturated heterocycles. The summed E-state index contributed by atoms with van der Waals surface area (Å²) in [4.78, 5) is 27.3. The second kappa shape index (κ2) is 7.61. The van der Waals surface area contributed by atoms with Crippen LogP contribution in [0.2, 0.25) is 0 Å². The summed E-state index contributed by atoms with van der Waals surface area (Å²) in [7, 11) is 0. The van der Waals surface area contributed by atoms with Gasteiger partial charge in [-0.25, -0.2) is 0 Å². The molecule has 1 aliphatic rings. The molecule has 0 bridgehead atoms. The molecule has 6 nitrogen and oxygen atoms in total. The van der Waals surface area contributed by atoms with Crippen molar-refractivity contribution in [2.45, 2.75) is 13.8 Å². The average Bonchev–Trinajstić information content (AvgIpc) is 3.17. The predicted octanol–water partition coefficient (Wildman–Crippen LogP) is 3.63. The highest BCUT2D eigenvalue weighted by Crippen LogP contribution is 2.27. The fraction of sp³-hybridized carbons (Fsp3) is 0.0870. The van der Waals surface area contributed by atoms with Gasteiger partial charge in [0.25, 0.3) is 11.8 Å². The van der Waals surface area contributed by atoms with Gasteiger partial charge in [0.05, 0.1) is 5.69 Å². The zero-order chi connectivity index (χ0) is 21.4. The molecule has 0 atom stereocenters. The Kier molecular flexibility index (Phi) is 4.97. The Bertz CT molecular complexity index is 1210. The van der Waals surface area contributed by atoms with Crippen LogP contribution in [0, 0.1) is 13.8 Å². The standard InChI is InChI=1S/C23H19N3O3S/c1-14-5-3-7-20(15(14)2)26-22(29)19(21(28)24-23(26)30)13-17-6-4-12-25(17)16-8-10-18(27)11-9-16/h3-13,27H,1-2H3,(H,24,28,30)/b19-13+. The van der Waals surface area contributed by atoms with Gasteiger partial charge < -0.3 is 9.67 Å². The number of nitrogens with zero attached hydrogens (tertiary/aromatic N) is 2. The maximum absolute atomic E-state index is 13.3. The largest absolute Gasteiger partial charge is 0.508 e. The summed E-state index contributed by atoms with van der Waals surface area (Å²) in [5.74, 6) is -0.855. The topological polar surface area (TPSA) is 74.6 Å². The number of phenolic OH excluding ortho intramolecular Hbond substituents is 1. The molecule has 2 amide bonds. The van der Waals surface area contributed by atoms with Crippen molar-refractivity contribution in [1.29, 1.82) is 0 Å². The molecule has 0 radical (unpaired) electrons. The van der Waals surface area contributed by atoms with Crippen LogP contribution in [0.15, 0.2) is 66.4 Å². The first-order chi connectivity index (χ1) is 14.4. The molecule has 30 heavy (non-hydrogen) atoms. The fourth-order valence-corrected chi connectivity index (χ4v) is 3.64. The van der Waals surface area contributed by atoms with Crippen molar-refractivity contribution < 1.29 is 14.7 Å². The average molecular weight is 417 g/mol.